The smallest absolute Gasteiger partial charge is 0.255 e. The Morgan fingerprint density at radius 3 is 1.93 bits per heavy atom. The molecule has 0 bridgehead atoms. The predicted octanol–water partition coefficient (Wildman–Crippen LogP) is 7.67. The van der Waals surface area contributed by atoms with E-state index >= 15 is 4.39 Å². The van der Waals surface area contributed by atoms with Crippen molar-refractivity contribution in [2.75, 3.05) is 155 Å². The number of halogens is 3. The molecule has 1 radical (unpaired) electrons. The SMILES string of the molecule is C=CC(=O)N1CCN(c2nc(NCCOCCOCCOCCOCCOCCOCCOCCOCCOc3cc([NH-])cc(Cl)c3)nc3c(F)c(-c4cc(O)cc5ccccc45)c(Cl)cc23)CC1.O=C1CCC(N2Cc3cc(CNO)ccc3C2=O)C(=O)N1.[Y]. The first kappa shape index (κ1) is 72.2. The van der Waals surface area contributed by atoms with E-state index < -0.39 is 17.8 Å². The average Bonchev–Trinajstić information content (AvgIpc) is 1.13. The summed E-state index contributed by atoms with van der Waals surface area (Å²) < 4.78 is 66.8. The molecular weight excluding hydrogens is 1300 g/mol. The zero-order valence-corrected chi connectivity index (χ0v) is 54.8. The van der Waals surface area contributed by atoms with Gasteiger partial charge in [-0.3, -0.25) is 24.5 Å². The number of piperazine rings is 1. The number of hydrogen-bond donors (Lipinski definition) is 5. The Bertz CT molecular complexity index is 3370. The number of phenols is 1. The molecule has 0 saturated carbocycles. The van der Waals surface area contributed by atoms with Crippen LogP contribution in [0.1, 0.15) is 34.3 Å². The minimum Gasteiger partial charge on any atom is -0.699 e. The summed E-state index contributed by atoms with van der Waals surface area (Å²) in [6.45, 7) is 13.4. The van der Waals surface area contributed by atoms with Crippen LogP contribution in [0, 0.1) is 5.82 Å². The number of phenolic OH excluding ortho intramolecular Hbond substituents is 1. The number of amides is 4. The molecule has 1 unspecified atom stereocenters. The number of carbonyl (C=O) groups is 4. The first-order valence-corrected chi connectivity index (χ1v) is 30.3. The molecule has 6 N–H and O–H groups in total. The van der Waals surface area contributed by atoms with Gasteiger partial charge in [0.25, 0.3) is 5.91 Å². The molecule has 24 nitrogen and oxygen atoms in total. The Hall–Kier alpha value is -6.27. The number of rotatable bonds is 35. The van der Waals surface area contributed by atoms with Gasteiger partial charge in [-0.15, -0.1) is 5.69 Å². The maximum Gasteiger partial charge on any atom is 0.255 e. The summed E-state index contributed by atoms with van der Waals surface area (Å²) in [6, 6.07) is 21.7. The van der Waals surface area contributed by atoms with Crippen molar-refractivity contribution < 1.29 is 109 Å². The van der Waals surface area contributed by atoms with Crippen LogP contribution in [0.15, 0.2) is 91.5 Å². The van der Waals surface area contributed by atoms with E-state index in [4.69, 9.17) is 81.8 Å². The van der Waals surface area contributed by atoms with Crippen molar-refractivity contribution >= 4 is 86.0 Å². The molecule has 28 heteroatoms. The Morgan fingerprint density at radius 2 is 1.34 bits per heavy atom. The standard InChI is InChI=1S/C49H60Cl2FN6O11.C14H15N3O4.Y/c1-2-44(60)57-8-10-58(11-9-57)48-42-34-43(51)45(41-33-38(59)29-35-5-3-4-6-40(35)41)46(52)47(42)55-49(56-48)54-7-12-61-13-14-62-15-16-63-17-18-64-19-20-65-21-22-66-23-24-67-25-26-68-27-28-69-39-31-36(50)30-37(53)32-39;18-12-4-3-11(13(19)16-12)17-7-9-5-8(6-15-21)1-2-10(9)14(17)20;/h2-6,29-34,53,59H,1,7-28H2,(H,54,55,56);1-2,5,11,15,21H,3-4,6-7H2,(H,16,18,19);/q-1;;. The van der Waals surface area contributed by atoms with Crippen molar-refractivity contribution in [1.29, 1.82) is 0 Å². The second kappa shape index (κ2) is 38.0. The molecule has 1 atom stereocenters. The van der Waals surface area contributed by atoms with E-state index in [1.807, 2.05) is 35.2 Å². The third-order valence-corrected chi connectivity index (χ3v) is 14.9. The van der Waals surface area contributed by atoms with E-state index in [2.05, 4.69) is 27.7 Å². The Labute approximate surface area is 561 Å². The van der Waals surface area contributed by atoms with E-state index in [1.54, 1.807) is 47.4 Å². The van der Waals surface area contributed by atoms with Gasteiger partial charge >= 0.3 is 0 Å². The monoisotopic (exact) mass is 1380 g/mol. The number of hydrogen-bond acceptors (Lipinski definition) is 20. The van der Waals surface area contributed by atoms with Crippen molar-refractivity contribution in [3.05, 3.63) is 130 Å². The molecule has 2 saturated heterocycles. The minimum absolute atomic E-state index is 0. The van der Waals surface area contributed by atoms with E-state index in [-0.39, 0.29) is 84.7 Å². The fraction of sp³-hybridized carbons (Fsp3) is 0.429. The number of ether oxygens (including phenoxy) is 9. The second-order valence-electron chi connectivity index (χ2n) is 20.6. The molecule has 1 aromatic heterocycles. The van der Waals surface area contributed by atoms with Crippen LogP contribution < -0.4 is 25.8 Å². The quantitative estimate of drug-likeness (QED) is 0.0110. The third kappa shape index (κ3) is 21.7. The largest absolute Gasteiger partial charge is 0.699 e. The number of imide groups is 1. The van der Waals surface area contributed by atoms with Gasteiger partial charge in [0, 0.05) is 106 Å². The number of benzene rings is 5. The summed E-state index contributed by atoms with van der Waals surface area (Å²) in [5, 5.41) is 27.2. The Morgan fingerprint density at radius 1 is 0.736 bits per heavy atom. The van der Waals surface area contributed by atoms with E-state index in [9.17, 15) is 24.3 Å². The first-order chi connectivity index (χ1) is 43.8. The fourth-order valence-electron chi connectivity index (χ4n) is 10.1. The number of aromatic hydroxyl groups is 1. The molecule has 9 rings (SSSR count). The number of carbonyl (C=O) groups excluding carboxylic acids is 4. The number of hydroxylamine groups is 1. The van der Waals surface area contributed by atoms with Crippen LogP contribution in [0.5, 0.6) is 11.5 Å². The molecule has 2 fully saturated rings. The van der Waals surface area contributed by atoms with Gasteiger partial charge in [-0.1, -0.05) is 72.2 Å². The third-order valence-electron chi connectivity index (χ3n) is 14.4. The van der Waals surface area contributed by atoms with E-state index in [0.29, 0.717) is 203 Å². The van der Waals surface area contributed by atoms with Gasteiger partial charge in [0.1, 0.15) is 35.5 Å². The molecule has 3 aliphatic heterocycles. The number of nitrogens with zero attached hydrogens (tertiary/aromatic N) is 5. The van der Waals surface area contributed by atoms with Crippen molar-refractivity contribution in [3.8, 4) is 22.6 Å². The topological polar surface area (TPSA) is 287 Å². The maximum absolute atomic E-state index is 16.8. The van der Waals surface area contributed by atoms with Gasteiger partial charge in [-0.25, -0.2) is 14.9 Å². The molecule has 5 aromatic carbocycles. The summed E-state index contributed by atoms with van der Waals surface area (Å²) in [5.41, 5.74) is 12.9. The van der Waals surface area contributed by atoms with Gasteiger partial charge < -0.3 is 78.7 Å². The minimum atomic E-state index is -0.646. The zero-order valence-electron chi connectivity index (χ0n) is 50.4. The number of piperidine rings is 1. The van der Waals surface area contributed by atoms with Crippen LogP contribution in [-0.4, -0.2) is 205 Å². The normalized spacial score (nSPS) is 14.7. The van der Waals surface area contributed by atoms with Crippen molar-refractivity contribution in [1.82, 2.24) is 30.6 Å². The van der Waals surface area contributed by atoms with Crippen molar-refractivity contribution in [2.24, 2.45) is 0 Å². The number of fused-ring (bicyclic) bond motifs is 3. The van der Waals surface area contributed by atoms with Gasteiger partial charge in [0.2, 0.25) is 23.7 Å². The zero-order chi connectivity index (χ0) is 63.6. The van der Waals surface area contributed by atoms with Gasteiger partial charge in [0.05, 0.1) is 111 Å². The fourth-order valence-corrected chi connectivity index (χ4v) is 10.6. The van der Waals surface area contributed by atoms with Crippen LogP contribution in [0.3, 0.4) is 0 Å². The van der Waals surface area contributed by atoms with Crippen LogP contribution >= 0.6 is 23.2 Å². The molecule has 4 heterocycles. The van der Waals surface area contributed by atoms with Crippen molar-refractivity contribution in [2.45, 2.75) is 32.0 Å². The molecule has 91 heavy (non-hydrogen) atoms. The van der Waals surface area contributed by atoms with Gasteiger partial charge in [-0.05, 0) is 76.4 Å². The average molecular weight is 1380 g/mol. The number of anilines is 2. The van der Waals surface area contributed by atoms with Crippen LogP contribution in [0.4, 0.5) is 21.8 Å². The molecule has 487 valence electrons. The maximum atomic E-state index is 16.8. The Kier molecular flexibility index (Phi) is 30.2. The molecule has 6 aromatic rings. The van der Waals surface area contributed by atoms with Crippen molar-refractivity contribution in [3.63, 3.8) is 0 Å². The van der Waals surface area contributed by atoms with Gasteiger partial charge in [0.15, 0.2) is 5.82 Å². The van der Waals surface area contributed by atoms with Crippen LogP contribution in [-0.2, 0) is 98.1 Å². The second-order valence-corrected chi connectivity index (χ2v) is 21.5. The molecule has 0 aliphatic carbocycles. The molecule has 0 spiro atoms. The Balaban J connectivity index is 0.000000448. The number of aromatic nitrogens is 2. The summed E-state index contributed by atoms with van der Waals surface area (Å²) >= 11 is 12.8. The summed E-state index contributed by atoms with van der Waals surface area (Å²) in [7, 11) is 0. The van der Waals surface area contributed by atoms with Crippen LogP contribution in [0.2, 0.25) is 10.0 Å². The van der Waals surface area contributed by atoms with Crippen LogP contribution in [0.25, 0.3) is 38.5 Å². The molecular formula is C63H75Cl2FN9O15Y-. The molecule has 4 amide bonds. The number of nitrogens with one attached hydrogen (secondary N) is 4. The van der Waals surface area contributed by atoms with E-state index in [0.717, 1.165) is 21.9 Å². The van der Waals surface area contributed by atoms with E-state index in [1.165, 1.54) is 17.0 Å². The molecule has 3 aliphatic rings. The van der Waals surface area contributed by atoms with Gasteiger partial charge in [-0.2, -0.15) is 4.98 Å². The summed E-state index contributed by atoms with van der Waals surface area (Å²) in [5.74, 6) is -0.493. The summed E-state index contributed by atoms with van der Waals surface area (Å²) in [4.78, 5) is 62.3. The first-order valence-electron chi connectivity index (χ1n) is 29.5. The predicted molar refractivity (Wildman–Crippen MR) is 335 cm³/mol. The summed E-state index contributed by atoms with van der Waals surface area (Å²) in [6.07, 6.45) is 1.90.